The third kappa shape index (κ3) is 3.52. The Morgan fingerprint density at radius 3 is 2.30 bits per heavy atom. The molecule has 2 fully saturated rings. The number of ether oxygens (including phenoxy) is 1. The van der Waals surface area contributed by atoms with Crippen molar-refractivity contribution in [2.24, 2.45) is 11.3 Å². The molecule has 0 heterocycles. The van der Waals surface area contributed by atoms with Gasteiger partial charge in [-0.3, -0.25) is 5.32 Å². The quantitative estimate of drug-likeness (QED) is 0.779. The Hall–Kier alpha value is -1.52. The van der Waals surface area contributed by atoms with Crippen LogP contribution in [0, 0.1) is 11.3 Å². The van der Waals surface area contributed by atoms with Gasteiger partial charge >= 0.3 is 12.1 Å². The molecule has 0 aromatic carbocycles. The molecule has 2 rings (SSSR count). The number of carboxylic acid groups (broad SMARTS) is 1. The monoisotopic (exact) mass is 281 g/mol. The normalized spacial score (nSPS) is 21.9. The summed E-state index contributed by atoms with van der Waals surface area (Å²) in [5.41, 5.74) is -0.227. The number of hydrogen-bond acceptors (Lipinski definition) is 3. The van der Waals surface area contributed by atoms with Gasteiger partial charge < -0.3 is 9.84 Å². The summed E-state index contributed by atoms with van der Waals surface area (Å²) in [7, 11) is 0. The lowest BCUT2D eigenvalue weighted by atomic mass is 9.52. The van der Waals surface area contributed by atoms with E-state index in [0.717, 1.165) is 12.8 Å². The Balaban J connectivity index is 1.90. The first-order valence-corrected chi connectivity index (χ1v) is 7.14. The summed E-state index contributed by atoms with van der Waals surface area (Å²) in [6.07, 6.45) is 6.84. The maximum atomic E-state index is 11.6. The predicted molar refractivity (Wildman–Crippen MR) is 74.1 cm³/mol. The van der Waals surface area contributed by atoms with Crippen LogP contribution in [0.15, 0.2) is 11.8 Å². The zero-order valence-electron chi connectivity index (χ0n) is 12.4. The molecule has 2 saturated carbocycles. The first kappa shape index (κ1) is 14.9. The molecule has 0 aromatic rings. The van der Waals surface area contributed by atoms with E-state index >= 15 is 0 Å². The van der Waals surface area contributed by atoms with Crippen molar-refractivity contribution in [3.05, 3.63) is 11.8 Å². The fourth-order valence-electron chi connectivity index (χ4n) is 3.07. The molecule has 1 amide bonds. The van der Waals surface area contributed by atoms with Crippen LogP contribution in [0.25, 0.3) is 0 Å². The standard InChI is InChI=1S/C15H23NO4/c1-14(2,3)20-13(19)16-11(12(17)18)7-10-8-15(9-10)5-4-6-15/h7,10H,4-6,8-9H2,1-3H3,(H,16,19)(H,17,18)/b11-7-. The van der Waals surface area contributed by atoms with E-state index in [9.17, 15) is 9.59 Å². The number of hydrogen-bond donors (Lipinski definition) is 2. The zero-order valence-corrected chi connectivity index (χ0v) is 12.4. The highest BCUT2D eigenvalue weighted by Crippen LogP contribution is 2.59. The van der Waals surface area contributed by atoms with E-state index in [2.05, 4.69) is 5.32 Å². The van der Waals surface area contributed by atoms with E-state index in [0.29, 0.717) is 5.41 Å². The van der Waals surface area contributed by atoms with E-state index in [-0.39, 0.29) is 11.6 Å². The van der Waals surface area contributed by atoms with Crippen LogP contribution in [-0.4, -0.2) is 22.8 Å². The van der Waals surface area contributed by atoms with Crippen LogP contribution < -0.4 is 5.32 Å². The van der Waals surface area contributed by atoms with Crippen LogP contribution in [-0.2, 0) is 9.53 Å². The molecule has 2 N–H and O–H groups in total. The highest BCUT2D eigenvalue weighted by Gasteiger charge is 2.47. The number of rotatable bonds is 3. The van der Waals surface area contributed by atoms with Crippen molar-refractivity contribution in [2.45, 2.75) is 58.5 Å². The number of carboxylic acids is 1. The second kappa shape index (κ2) is 5.11. The Bertz CT molecular complexity index is 435. The van der Waals surface area contributed by atoms with Crippen molar-refractivity contribution in [3.63, 3.8) is 0 Å². The van der Waals surface area contributed by atoms with Crippen molar-refractivity contribution in [1.82, 2.24) is 5.32 Å². The molecule has 0 bridgehead atoms. The molecular formula is C15H23NO4. The molecule has 5 nitrogen and oxygen atoms in total. The maximum absolute atomic E-state index is 11.6. The molecule has 0 aromatic heterocycles. The molecule has 0 radical (unpaired) electrons. The van der Waals surface area contributed by atoms with Gasteiger partial charge in [-0.25, -0.2) is 9.59 Å². The minimum atomic E-state index is -1.12. The summed E-state index contributed by atoms with van der Waals surface area (Å²) in [4.78, 5) is 22.8. The van der Waals surface area contributed by atoms with E-state index in [1.807, 2.05) is 0 Å². The van der Waals surface area contributed by atoms with Gasteiger partial charge in [0.1, 0.15) is 11.3 Å². The topological polar surface area (TPSA) is 75.6 Å². The number of carbonyl (C=O) groups excluding carboxylic acids is 1. The summed E-state index contributed by atoms with van der Waals surface area (Å²) in [5.74, 6) is -0.859. The summed E-state index contributed by atoms with van der Waals surface area (Å²) < 4.78 is 5.07. The second-order valence-corrected chi connectivity index (χ2v) is 7.03. The molecule has 0 unspecified atom stereocenters. The van der Waals surface area contributed by atoms with Gasteiger partial charge in [-0.1, -0.05) is 12.5 Å². The lowest BCUT2D eigenvalue weighted by Crippen LogP contribution is -2.42. The van der Waals surface area contributed by atoms with Crippen molar-refractivity contribution in [1.29, 1.82) is 0 Å². The number of aliphatic carboxylic acids is 1. The number of allylic oxidation sites excluding steroid dienone is 1. The minimum absolute atomic E-state index is 0.0709. The zero-order chi connectivity index (χ0) is 15.0. The molecule has 5 heteroatoms. The molecule has 0 saturated heterocycles. The average molecular weight is 281 g/mol. The molecule has 0 atom stereocenters. The van der Waals surface area contributed by atoms with Gasteiger partial charge in [0.25, 0.3) is 0 Å². The minimum Gasteiger partial charge on any atom is -0.477 e. The van der Waals surface area contributed by atoms with Gasteiger partial charge in [0.2, 0.25) is 0 Å². The Kier molecular flexibility index (Phi) is 3.80. The number of amides is 1. The van der Waals surface area contributed by atoms with Crippen LogP contribution in [0.2, 0.25) is 0 Å². The summed E-state index contributed by atoms with van der Waals surface area (Å²) in [5, 5.41) is 11.5. The molecule has 0 aliphatic heterocycles. The van der Waals surface area contributed by atoms with E-state index < -0.39 is 17.7 Å². The molecule has 2 aliphatic carbocycles. The Labute approximate surface area is 119 Å². The third-order valence-corrected chi connectivity index (χ3v) is 4.07. The van der Waals surface area contributed by atoms with Crippen LogP contribution in [0.4, 0.5) is 4.79 Å². The van der Waals surface area contributed by atoms with Gasteiger partial charge in [0, 0.05) is 0 Å². The van der Waals surface area contributed by atoms with Gasteiger partial charge in [-0.05, 0) is 57.8 Å². The largest absolute Gasteiger partial charge is 0.477 e. The maximum Gasteiger partial charge on any atom is 0.412 e. The predicted octanol–water partition coefficient (Wildman–Crippen LogP) is 3.06. The van der Waals surface area contributed by atoms with E-state index in [1.54, 1.807) is 26.8 Å². The Morgan fingerprint density at radius 2 is 1.90 bits per heavy atom. The Morgan fingerprint density at radius 1 is 1.30 bits per heavy atom. The second-order valence-electron chi connectivity index (χ2n) is 7.03. The van der Waals surface area contributed by atoms with Crippen molar-refractivity contribution >= 4 is 12.1 Å². The molecule has 2 aliphatic rings. The highest BCUT2D eigenvalue weighted by atomic mass is 16.6. The lowest BCUT2D eigenvalue weighted by Gasteiger charge is -2.53. The number of nitrogens with one attached hydrogen (secondary N) is 1. The van der Waals surface area contributed by atoms with Gasteiger partial charge in [0.05, 0.1) is 0 Å². The third-order valence-electron chi connectivity index (χ3n) is 4.07. The molecular weight excluding hydrogens is 258 g/mol. The molecule has 112 valence electrons. The highest BCUT2D eigenvalue weighted by molar-refractivity contribution is 5.90. The smallest absolute Gasteiger partial charge is 0.412 e. The van der Waals surface area contributed by atoms with Crippen LogP contribution in [0.5, 0.6) is 0 Å². The van der Waals surface area contributed by atoms with E-state index in [4.69, 9.17) is 9.84 Å². The van der Waals surface area contributed by atoms with Gasteiger partial charge in [0.15, 0.2) is 0 Å². The first-order valence-electron chi connectivity index (χ1n) is 7.14. The van der Waals surface area contributed by atoms with E-state index in [1.165, 1.54) is 19.3 Å². The fourth-order valence-corrected chi connectivity index (χ4v) is 3.07. The van der Waals surface area contributed by atoms with Crippen molar-refractivity contribution in [2.75, 3.05) is 0 Å². The number of alkyl carbamates (subject to hydrolysis) is 1. The average Bonchev–Trinajstić information content (AvgIpc) is 2.14. The van der Waals surface area contributed by atoms with Crippen molar-refractivity contribution in [3.8, 4) is 0 Å². The molecule has 1 spiro atoms. The number of carbonyl (C=O) groups is 2. The van der Waals surface area contributed by atoms with Crippen LogP contribution >= 0.6 is 0 Å². The lowest BCUT2D eigenvalue weighted by molar-refractivity contribution is -0.133. The van der Waals surface area contributed by atoms with Gasteiger partial charge in [-0.15, -0.1) is 0 Å². The summed E-state index contributed by atoms with van der Waals surface area (Å²) in [6, 6.07) is 0. The SMILES string of the molecule is CC(C)(C)OC(=O)N/C(=C\C1CC2(CCC2)C1)C(=O)O. The summed E-state index contributed by atoms with van der Waals surface area (Å²) in [6.45, 7) is 5.22. The van der Waals surface area contributed by atoms with Crippen LogP contribution in [0.3, 0.4) is 0 Å². The molecule has 20 heavy (non-hydrogen) atoms. The fraction of sp³-hybridized carbons (Fsp3) is 0.733. The van der Waals surface area contributed by atoms with Gasteiger partial charge in [-0.2, -0.15) is 0 Å². The summed E-state index contributed by atoms with van der Waals surface area (Å²) >= 11 is 0. The van der Waals surface area contributed by atoms with Crippen LogP contribution in [0.1, 0.15) is 52.9 Å². The van der Waals surface area contributed by atoms with Crippen molar-refractivity contribution < 1.29 is 19.4 Å². The first-order chi connectivity index (χ1) is 9.19.